The summed E-state index contributed by atoms with van der Waals surface area (Å²) in [7, 11) is 0. The molecule has 0 spiro atoms. The van der Waals surface area contributed by atoms with Gasteiger partial charge in [0.1, 0.15) is 49.0 Å². The molecule has 0 bridgehead atoms. The van der Waals surface area contributed by atoms with Gasteiger partial charge in [-0.1, -0.05) is 255 Å². The van der Waals surface area contributed by atoms with E-state index in [1.807, 2.05) is 202 Å². The van der Waals surface area contributed by atoms with Crippen LogP contribution in [0.3, 0.4) is 0 Å². The first-order chi connectivity index (χ1) is 49.2. The van der Waals surface area contributed by atoms with Gasteiger partial charge in [-0.15, -0.1) is 40.8 Å². The molecule has 12 aromatic rings. The Kier molecular flexibility index (Phi) is 27.1. The van der Waals surface area contributed by atoms with E-state index in [9.17, 15) is 0 Å². The lowest BCUT2D eigenvalue weighted by atomic mass is 10.0. The average Bonchev–Trinajstić information content (AvgIpc) is 1.65. The zero-order chi connectivity index (χ0) is 70.6. The number of hydrogen-bond donors (Lipinski definition) is 0. The number of rotatable bonds is 12. The Balaban J connectivity index is 0.000000150. The first kappa shape index (κ1) is 72.7. The van der Waals surface area contributed by atoms with Gasteiger partial charge in [-0.2, -0.15) is 0 Å². The van der Waals surface area contributed by atoms with E-state index >= 15 is 0 Å². The molecule has 0 fully saturated rings. The second kappa shape index (κ2) is 37.3. The van der Waals surface area contributed by atoms with Crippen LogP contribution in [-0.2, 0) is 51.9 Å². The van der Waals surface area contributed by atoms with Crippen molar-refractivity contribution in [2.24, 2.45) is 20.0 Å². The standard InChI is InChI=1S/4C19H16N4.4C2H6/c1-13-6-5-9-15-16(13)10-17-19(15)23-22-18(21-17)12-20-11-14-7-3-2-4-8-14;1-13-6-5-9-15-10-16-19(18(13)15)23-22-17(21-16)12-20-11-14-7-3-2-4-8-14;1-13-7-8-16-15(9-13)10-17-19(16)23-22-18(21-17)12-20-11-14-5-3-2-4-6-14;1-13-7-8-15-10-17-19(16(15)9-13)23-22-18(21-17)12-20-11-14-5-3-2-4-6-14;4*1-2/h4*2-9,11H,10,12H2,1H3;4*1-2H3. The molecule has 16 rings (SSSR count). The van der Waals surface area contributed by atoms with Crippen molar-refractivity contribution in [1.29, 1.82) is 0 Å². The summed E-state index contributed by atoms with van der Waals surface area (Å²) in [5.74, 6) is 2.67. The summed E-state index contributed by atoms with van der Waals surface area (Å²) in [5.41, 5.74) is 26.8. The molecule has 504 valence electrons. The topological polar surface area (TPSA) is 204 Å². The molecule has 0 N–H and O–H groups in total. The van der Waals surface area contributed by atoms with E-state index in [-0.39, 0.29) is 0 Å². The van der Waals surface area contributed by atoms with Crippen LogP contribution in [0.4, 0.5) is 0 Å². The second-order valence-electron chi connectivity index (χ2n) is 22.9. The molecule has 4 aliphatic carbocycles. The third-order valence-corrected chi connectivity index (χ3v) is 16.0. The Morgan fingerprint density at radius 1 is 0.290 bits per heavy atom. The monoisotopic (exact) mass is 1320 g/mol. The zero-order valence-corrected chi connectivity index (χ0v) is 59.6. The van der Waals surface area contributed by atoms with Gasteiger partial charge in [0.2, 0.25) is 0 Å². The Morgan fingerprint density at radius 3 is 1.12 bits per heavy atom. The van der Waals surface area contributed by atoms with Gasteiger partial charge in [0, 0.05) is 72.8 Å². The third kappa shape index (κ3) is 19.0. The van der Waals surface area contributed by atoms with Crippen molar-refractivity contribution in [3.05, 3.63) is 307 Å². The van der Waals surface area contributed by atoms with Crippen molar-refractivity contribution in [1.82, 2.24) is 60.7 Å². The lowest BCUT2D eigenvalue weighted by Gasteiger charge is -2.03. The molecule has 0 aliphatic heterocycles. The molecule has 0 saturated heterocycles. The van der Waals surface area contributed by atoms with E-state index in [4.69, 9.17) is 0 Å². The van der Waals surface area contributed by atoms with Gasteiger partial charge >= 0.3 is 0 Å². The maximum atomic E-state index is 4.65. The molecule has 100 heavy (non-hydrogen) atoms. The summed E-state index contributed by atoms with van der Waals surface area (Å²) in [4.78, 5) is 36.2. The van der Waals surface area contributed by atoms with Gasteiger partial charge < -0.3 is 0 Å². The number of aromatic nitrogens is 12. The van der Waals surface area contributed by atoms with E-state index in [0.29, 0.717) is 49.5 Å². The number of aliphatic imine (C=N–C) groups is 4. The van der Waals surface area contributed by atoms with E-state index in [1.54, 1.807) is 0 Å². The normalized spacial score (nSPS) is 11.6. The van der Waals surface area contributed by atoms with E-state index in [0.717, 1.165) is 99.1 Å². The minimum absolute atomic E-state index is 0.449. The fourth-order valence-electron chi connectivity index (χ4n) is 11.5. The minimum atomic E-state index is 0.449. The predicted molar refractivity (Wildman–Crippen MR) is 408 cm³/mol. The van der Waals surface area contributed by atoms with E-state index in [2.05, 4.69) is 181 Å². The van der Waals surface area contributed by atoms with Gasteiger partial charge in [-0.25, -0.2) is 19.9 Å². The highest BCUT2D eigenvalue weighted by atomic mass is 15.2. The van der Waals surface area contributed by atoms with Crippen LogP contribution in [0.2, 0.25) is 0 Å². The smallest absolute Gasteiger partial charge is 0.172 e. The van der Waals surface area contributed by atoms with Crippen molar-refractivity contribution < 1.29 is 0 Å². The molecular weight excluding hydrogens is 1230 g/mol. The number of fused-ring (bicyclic) bond motifs is 12. The first-order valence-corrected chi connectivity index (χ1v) is 34.7. The van der Waals surface area contributed by atoms with Gasteiger partial charge in [0.25, 0.3) is 0 Å². The Morgan fingerprint density at radius 2 is 0.650 bits per heavy atom. The van der Waals surface area contributed by atoms with Crippen LogP contribution in [0.5, 0.6) is 0 Å². The fraction of sp³-hybridized carbons (Fsp3) is 0.238. The van der Waals surface area contributed by atoms with Crippen molar-refractivity contribution in [3.63, 3.8) is 0 Å². The largest absolute Gasteiger partial charge is 0.284 e. The lowest BCUT2D eigenvalue weighted by Crippen LogP contribution is -2.01. The molecule has 16 heteroatoms. The van der Waals surface area contributed by atoms with Crippen LogP contribution in [-0.4, -0.2) is 85.6 Å². The number of aryl methyl sites for hydroxylation is 4. The summed E-state index contributed by atoms with van der Waals surface area (Å²) in [6.45, 7) is 26.2. The van der Waals surface area contributed by atoms with E-state index in [1.165, 1.54) is 61.2 Å². The molecule has 4 heterocycles. The van der Waals surface area contributed by atoms with Crippen LogP contribution < -0.4 is 0 Å². The summed E-state index contributed by atoms with van der Waals surface area (Å²) in [6, 6.07) is 65.5. The molecule has 16 nitrogen and oxygen atoms in total. The van der Waals surface area contributed by atoms with Crippen molar-refractivity contribution in [2.45, 2.75) is 135 Å². The minimum Gasteiger partial charge on any atom is -0.284 e. The fourth-order valence-corrected chi connectivity index (χ4v) is 11.5. The molecule has 0 unspecified atom stereocenters. The highest BCUT2D eigenvalue weighted by Crippen LogP contribution is 2.38. The second-order valence-corrected chi connectivity index (χ2v) is 22.9. The highest BCUT2D eigenvalue weighted by Gasteiger charge is 2.27. The van der Waals surface area contributed by atoms with Gasteiger partial charge in [-0.05, 0) is 89.4 Å². The quantitative estimate of drug-likeness (QED) is 0.105. The van der Waals surface area contributed by atoms with Crippen LogP contribution in [0.25, 0.3) is 45.0 Å². The summed E-state index contributed by atoms with van der Waals surface area (Å²) in [5, 5.41) is 34.5. The summed E-state index contributed by atoms with van der Waals surface area (Å²) in [6.07, 6.45) is 10.7. The third-order valence-electron chi connectivity index (χ3n) is 16.0. The molecule has 0 atom stereocenters. The predicted octanol–water partition coefficient (Wildman–Crippen LogP) is 17.6. The number of hydrogen-bond acceptors (Lipinski definition) is 16. The Bertz CT molecular complexity index is 4740. The first-order valence-electron chi connectivity index (χ1n) is 34.7. The van der Waals surface area contributed by atoms with Crippen LogP contribution in [0, 0.1) is 27.7 Å². The molecule has 0 saturated carbocycles. The van der Waals surface area contributed by atoms with Gasteiger partial charge in [-0.3, -0.25) is 20.0 Å². The molecular formula is C84H88N16. The summed E-state index contributed by atoms with van der Waals surface area (Å²) < 4.78 is 0. The molecule has 0 radical (unpaired) electrons. The van der Waals surface area contributed by atoms with Crippen LogP contribution >= 0.6 is 0 Å². The maximum Gasteiger partial charge on any atom is 0.172 e. The van der Waals surface area contributed by atoms with E-state index < -0.39 is 0 Å². The molecule has 8 aromatic carbocycles. The van der Waals surface area contributed by atoms with Crippen molar-refractivity contribution in [3.8, 4) is 45.0 Å². The number of benzene rings is 8. The Labute approximate surface area is 589 Å². The highest BCUT2D eigenvalue weighted by molar-refractivity contribution is 5.82. The molecule has 4 aromatic heterocycles. The van der Waals surface area contributed by atoms with Crippen molar-refractivity contribution >= 4 is 24.9 Å². The average molecular weight is 1320 g/mol. The van der Waals surface area contributed by atoms with Crippen molar-refractivity contribution in [2.75, 3.05) is 0 Å². The Hall–Kier alpha value is -11.5. The number of nitrogens with zero attached hydrogens (tertiary/aromatic N) is 16. The van der Waals surface area contributed by atoms with Gasteiger partial charge in [0.05, 0.1) is 22.8 Å². The summed E-state index contributed by atoms with van der Waals surface area (Å²) >= 11 is 0. The maximum absolute atomic E-state index is 4.65. The zero-order valence-electron chi connectivity index (χ0n) is 59.6. The SMILES string of the molecule is CC.CC.CC.CC.Cc1ccc2c(c1)-c1nnc(CN=Cc3ccccc3)nc1C2.Cc1ccc2c(c1)Cc1nc(CN=Cc3ccccc3)nnc1-2.Cc1cccc2c1-c1nnc(CN=Cc3ccccc3)nc1C2.Cc1cccc2c1Cc1nc(CN=Cc3ccccc3)nnc1-2. The lowest BCUT2D eigenvalue weighted by molar-refractivity contribution is 0.819. The van der Waals surface area contributed by atoms with Gasteiger partial charge in [0.15, 0.2) is 23.3 Å². The molecule has 0 amide bonds. The van der Waals surface area contributed by atoms with Crippen LogP contribution in [0.1, 0.15) is 168 Å². The van der Waals surface area contributed by atoms with Crippen LogP contribution in [0.15, 0.2) is 214 Å². The molecule has 4 aliphatic rings.